The van der Waals surface area contributed by atoms with Crippen LogP contribution in [-0.4, -0.2) is 141 Å². The molecule has 4 aliphatic heterocycles. The van der Waals surface area contributed by atoms with Gasteiger partial charge in [0.05, 0.1) is 104 Å². The summed E-state index contributed by atoms with van der Waals surface area (Å²) in [6, 6.07) is 19.7. The van der Waals surface area contributed by atoms with Crippen molar-refractivity contribution in [3.05, 3.63) is 95.6 Å². The lowest BCUT2D eigenvalue weighted by atomic mass is 9.97. The first-order chi connectivity index (χ1) is 37.4. The number of carbonyl (C=O) groups is 3. The molecule has 8 atom stereocenters. The van der Waals surface area contributed by atoms with Gasteiger partial charge in [-0.1, -0.05) is 0 Å². The first-order valence-electron chi connectivity index (χ1n) is 26.8. The SMILES string of the molecule is CC(C)(C)OC(=O)N1[C@@H]2CC[C@H]1CC(Nc1cc(-c3ccc4cc(C#N)cnn34)ncc1C(=O)NC[C@@H](F)C(C)(C)O)C2.CC(C)(O)[C@H](F)CNC(=O)c1cnc(-c2ccc3cc(C#N)cnn23)cc1NC1C[C@H]2CC[C@@H](C1)N2. The zero-order valence-corrected chi connectivity index (χ0v) is 45.4. The number of carbonyl (C=O) groups excluding carboxylic acids is 3. The Kier molecular flexibility index (Phi) is 15.9. The average molecular weight is 1080 g/mol. The molecule has 6 aromatic rings. The summed E-state index contributed by atoms with van der Waals surface area (Å²) >= 11 is 0. The largest absolute Gasteiger partial charge is 0.444 e. The number of piperidine rings is 2. The molecule has 4 aliphatic rings. The van der Waals surface area contributed by atoms with Crippen LogP contribution in [0.1, 0.15) is 132 Å². The topological polar surface area (TPSA) is 272 Å². The Morgan fingerprint density at radius 2 is 1.10 bits per heavy atom. The van der Waals surface area contributed by atoms with E-state index in [9.17, 15) is 38.6 Å². The fraction of sp³-hybridized carbons (Fsp3) is 0.491. The van der Waals surface area contributed by atoms with Crippen molar-refractivity contribution in [2.24, 2.45) is 0 Å². The van der Waals surface area contributed by atoms with Gasteiger partial charge in [-0.2, -0.15) is 20.7 Å². The van der Waals surface area contributed by atoms with E-state index in [1.807, 2.05) is 56.0 Å². The van der Waals surface area contributed by atoms with E-state index in [4.69, 9.17) is 10.00 Å². The van der Waals surface area contributed by atoms with Crippen LogP contribution in [0.15, 0.2) is 73.3 Å². The van der Waals surface area contributed by atoms with Crippen LogP contribution in [0, 0.1) is 22.7 Å². The molecule has 3 amide bonds. The van der Waals surface area contributed by atoms with Crippen molar-refractivity contribution >= 4 is 40.3 Å². The zero-order chi connectivity index (χ0) is 56.6. The number of halogens is 2. The van der Waals surface area contributed by atoms with E-state index in [1.165, 1.54) is 52.5 Å². The molecule has 4 saturated heterocycles. The average Bonchev–Trinajstić information content (AvgIpc) is 4.21. The first-order valence-corrected chi connectivity index (χ1v) is 26.8. The number of aromatic nitrogens is 6. The molecule has 0 aliphatic carbocycles. The molecule has 0 radical (unpaired) electrons. The Labute approximate surface area is 456 Å². The van der Waals surface area contributed by atoms with E-state index in [0.717, 1.165) is 55.3 Å². The lowest BCUT2D eigenvalue weighted by Crippen LogP contribution is -2.51. The van der Waals surface area contributed by atoms with E-state index in [1.54, 1.807) is 27.2 Å². The number of hydrogen-bond acceptors (Lipinski definition) is 15. The second-order valence-corrected chi connectivity index (χ2v) is 23.3. The highest BCUT2D eigenvalue weighted by molar-refractivity contribution is 6.00. The van der Waals surface area contributed by atoms with Gasteiger partial charge in [0.15, 0.2) is 0 Å². The fourth-order valence-electron chi connectivity index (χ4n) is 10.9. The minimum absolute atomic E-state index is 0.0110. The van der Waals surface area contributed by atoms with Gasteiger partial charge in [-0.05, 0) is 148 Å². The molecule has 4 bridgehead atoms. The number of ether oxygens (including phenoxy) is 1. The maximum Gasteiger partial charge on any atom is 0.410 e. The van der Waals surface area contributed by atoms with Gasteiger partial charge in [0, 0.05) is 48.6 Å². The number of fused-ring (bicyclic) bond motifs is 6. The van der Waals surface area contributed by atoms with Crippen molar-refractivity contribution in [3.63, 3.8) is 0 Å². The summed E-state index contributed by atoms with van der Waals surface area (Å²) in [6.45, 7) is 10.3. The third-order valence-electron chi connectivity index (χ3n) is 15.0. The Bertz CT molecular complexity index is 3300. The normalized spacial score (nSPS) is 21.5. The lowest BCUT2D eigenvalue weighted by Gasteiger charge is -2.40. The number of pyridine rings is 2. The Balaban J connectivity index is 0.000000195. The fourth-order valence-corrected chi connectivity index (χ4v) is 10.9. The van der Waals surface area contributed by atoms with Crippen molar-refractivity contribution in [1.29, 1.82) is 10.5 Å². The number of nitriles is 2. The zero-order valence-electron chi connectivity index (χ0n) is 45.4. The number of anilines is 2. The van der Waals surface area contributed by atoms with Gasteiger partial charge < -0.3 is 46.4 Å². The summed E-state index contributed by atoms with van der Waals surface area (Å²) in [5.41, 5.74) is 2.86. The van der Waals surface area contributed by atoms with Crippen LogP contribution in [0.5, 0.6) is 0 Å². The van der Waals surface area contributed by atoms with E-state index in [2.05, 4.69) is 58.9 Å². The molecule has 22 heteroatoms. The van der Waals surface area contributed by atoms with Crippen molar-refractivity contribution < 1.29 is 38.1 Å². The number of nitrogens with zero attached hydrogens (tertiary/aromatic N) is 9. The summed E-state index contributed by atoms with van der Waals surface area (Å²) < 4.78 is 37.8. The monoisotopic (exact) mass is 1080 g/mol. The van der Waals surface area contributed by atoms with E-state index in [0.29, 0.717) is 70.1 Å². The predicted octanol–water partition coefficient (Wildman–Crippen LogP) is 7.25. The number of aliphatic hydroxyl groups is 2. The molecule has 6 aromatic heterocycles. The highest BCUT2D eigenvalue weighted by Gasteiger charge is 2.45. The van der Waals surface area contributed by atoms with Gasteiger partial charge in [0.2, 0.25) is 0 Å². The highest BCUT2D eigenvalue weighted by atomic mass is 19.1. The van der Waals surface area contributed by atoms with Crippen LogP contribution < -0.4 is 26.6 Å². The maximum atomic E-state index is 14.4. The molecule has 10 heterocycles. The lowest BCUT2D eigenvalue weighted by molar-refractivity contribution is -0.00209. The smallest absolute Gasteiger partial charge is 0.410 e. The maximum absolute atomic E-state index is 14.4. The molecule has 79 heavy (non-hydrogen) atoms. The van der Waals surface area contributed by atoms with Crippen LogP contribution in [-0.2, 0) is 4.74 Å². The standard InChI is InChI=1S/C31H38FN7O4.C26H30FN7O2/c1-30(2,3)43-29(41)38-20-6-7-21(38)12-19(11-20)37-24-13-25(26-9-8-22-10-18(14-33)15-36-39(22)26)34-16-23(24)28(40)35-17-27(32)31(4,5)42;1-26(2,36)24(27)14-30-25(35)20-13-29-22(23-6-5-19-7-15(11-28)12-31-34(19)23)10-21(20)33-18-8-16-3-4-17(9-18)32-16/h8-10,13,15-16,19-21,27,42H,6-7,11-12,17H2,1-5H3,(H,34,37)(H,35,40);5-7,10,12-13,16-18,24,32,36H,3-4,8-9,14H2,1-2H3,(H,29,33)(H,30,35)/t19?,20-,21+,27-;16-,17+,18?,24-/m11/s1. The van der Waals surface area contributed by atoms with Crippen LogP contribution >= 0.6 is 0 Å². The van der Waals surface area contributed by atoms with Gasteiger partial charge in [-0.3, -0.25) is 19.6 Å². The Hall–Kier alpha value is -7.79. The summed E-state index contributed by atoms with van der Waals surface area (Å²) in [7, 11) is 0. The summed E-state index contributed by atoms with van der Waals surface area (Å²) in [5.74, 6) is -0.989. The van der Waals surface area contributed by atoms with E-state index < -0.39 is 41.0 Å². The van der Waals surface area contributed by atoms with Crippen LogP contribution in [0.3, 0.4) is 0 Å². The molecular weight excluding hydrogens is 1010 g/mol. The number of amides is 3. The van der Waals surface area contributed by atoms with Gasteiger partial charge >= 0.3 is 6.09 Å². The van der Waals surface area contributed by atoms with E-state index >= 15 is 0 Å². The van der Waals surface area contributed by atoms with Crippen molar-refractivity contribution in [2.75, 3.05) is 23.7 Å². The van der Waals surface area contributed by atoms with Crippen LogP contribution in [0.25, 0.3) is 33.8 Å². The minimum Gasteiger partial charge on any atom is -0.444 e. The minimum atomic E-state index is -1.66. The van der Waals surface area contributed by atoms with Crippen LogP contribution in [0.2, 0.25) is 0 Å². The number of rotatable bonds is 14. The summed E-state index contributed by atoms with van der Waals surface area (Å²) in [5, 5.41) is 62.9. The number of nitrogens with one attached hydrogen (secondary N) is 5. The third-order valence-corrected chi connectivity index (χ3v) is 15.0. The third kappa shape index (κ3) is 12.9. The summed E-state index contributed by atoms with van der Waals surface area (Å²) in [6.07, 6.45) is 9.63. The molecule has 7 N–H and O–H groups in total. The molecule has 0 spiro atoms. The molecule has 20 nitrogen and oxygen atoms in total. The van der Waals surface area contributed by atoms with Crippen molar-refractivity contribution in [3.8, 4) is 34.9 Å². The molecular formula is C57H68F2N14O6. The quantitative estimate of drug-likeness (QED) is 0.0566. The number of hydrogen-bond donors (Lipinski definition) is 7. The molecule has 4 fully saturated rings. The number of alkyl halides is 2. The predicted molar refractivity (Wildman–Crippen MR) is 291 cm³/mol. The second-order valence-electron chi connectivity index (χ2n) is 23.3. The molecule has 416 valence electrons. The van der Waals surface area contributed by atoms with Gasteiger partial charge in [-0.25, -0.2) is 22.6 Å². The molecule has 2 unspecified atom stereocenters. The van der Waals surface area contributed by atoms with Gasteiger partial charge in [0.1, 0.15) is 30.1 Å². The van der Waals surface area contributed by atoms with Crippen molar-refractivity contribution in [2.45, 2.75) is 165 Å². The van der Waals surface area contributed by atoms with Gasteiger partial charge in [-0.15, -0.1) is 0 Å². The Morgan fingerprint density at radius 1 is 0.671 bits per heavy atom. The molecule has 0 saturated carbocycles. The van der Waals surface area contributed by atoms with E-state index in [-0.39, 0.29) is 48.9 Å². The first kappa shape index (κ1) is 55.9. The molecule has 0 aromatic carbocycles. The van der Waals surface area contributed by atoms with Gasteiger partial charge in [0.25, 0.3) is 11.8 Å². The highest BCUT2D eigenvalue weighted by Crippen LogP contribution is 2.39. The summed E-state index contributed by atoms with van der Waals surface area (Å²) in [4.78, 5) is 50.2. The van der Waals surface area contributed by atoms with Crippen LogP contribution in [0.4, 0.5) is 25.0 Å². The second kappa shape index (κ2) is 22.5. The van der Waals surface area contributed by atoms with Crippen molar-refractivity contribution in [1.82, 2.24) is 50.0 Å². The Morgan fingerprint density at radius 3 is 1.51 bits per heavy atom. The molecule has 10 rings (SSSR count).